The van der Waals surface area contributed by atoms with Crippen molar-refractivity contribution in [1.29, 1.82) is 0 Å². The fourth-order valence-corrected chi connectivity index (χ4v) is 3.49. The van der Waals surface area contributed by atoms with Gasteiger partial charge in [-0.3, -0.25) is 9.69 Å². The summed E-state index contributed by atoms with van der Waals surface area (Å²) in [7, 11) is 2.08. The van der Waals surface area contributed by atoms with Crippen LogP contribution in [0, 0.1) is 5.92 Å². The van der Waals surface area contributed by atoms with Crippen LogP contribution in [0.4, 0.5) is 10.6 Å². The Morgan fingerprint density at radius 3 is 2.69 bits per heavy atom. The van der Waals surface area contributed by atoms with Crippen LogP contribution in [0.15, 0.2) is 12.1 Å². The zero-order valence-corrected chi connectivity index (χ0v) is 18.7. The second kappa shape index (κ2) is 10.1. The Morgan fingerprint density at radius 1 is 1.34 bits per heavy atom. The highest BCUT2D eigenvalue weighted by atomic mass is 16.6. The van der Waals surface area contributed by atoms with Crippen molar-refractivity contribution in [3.8, 4) is 0 Å². The van der Waals surface area contributed by atoms with Gasteiger partial charge in [-0.1, -0.05) is 26.1 Å². The molecule has 0 N–H and O–H groups in total. The molecule has 2 heterocycles. The summed E-state index contributed by atoms with van der Waals surface area (Å²) >= 11 is 0. The van der Waals surface area contributed by atoms with E-state index in [-0.39, 0.29) is 24.0 Å². The second-order valence-corrected chi connectivity index (χ2v) is 8.66. The molecule has 159 valence electrons. The topological polar surface area (TPSA) is 68.7 Å². The molecule has 0 saturated carbocycles. The van der Waals surface area contributed by atoms with Crippen molar-refractivity contribution in [2.24, 2.45) is 5.92 Å². The molecule has 0 aliphatic carbocycles. The summed E-state index contributed by atoms with van der Waals surface area (Å²) in [6.07, 6.45) is 3.53. The predicted molar refractivity (Wildman–Crippen MR) is 116 cm³/mol. The average molecular weight is 401 g/mol. The van der Waals surface area contributed by atoms with Gasteiger partial charge in [-0.2, -0.15) is 0 Å². The minimum atomic E-state index is -0.568. The molecule has 7 heteroatoms. The average Bonchev–Trinajstić information content (AvgIpc) is 2.64. The van der Waals surface area contributed by atoms with E-state index in [1.807, 2.05) is 47.5 Å². The maximum absolute atomic E-state index is 13.0. The smallest absolute Gasteiger partial charge is 0.416 e. The molecule has 0 bridgehead atoms. The number of amides is 1. The van der Waals surface area contributed by atoms with Crippen LogP contribution in [-0.2, 0) is 27.1 Å². The Bertz CT molecular complexity index is 717. The van der Waals surface area contributed by atoms with Crippen molar-refractivity contribution in [2.75, 3.05) is 11.5 Å². The summed E-state index contributed by atoms with van der Waals surface area (Å²) in [4.78, 5) is 31.4. The van der Waals surface area contributed by atoms with Gasteiger partial charge in [0.05, 0.1) is 12.5 Å². The van der Waals surface area contributed by atoms with E-state index in [9.17, 15) is 9.59 Å². The minimum Gasteiger partial charge on any atom is -0.466 e. The Kier molecular flexibility index (Phi) is 8.11. The van der Waals surface area contributed by atoms with E-state index in [1.54, 1.807) is 4.90 Å². The number of rotatable bonds is 7. The lowest BCUT2D eigenvalue weighted by Crippen LogP contribution is -2.47. The summed E-state index contributed by atoms with van der Waals surface area (Å²) in [5.74, 6) is 0.329. The van der Waals surface area contributed by atoms with Gasteiger partial charge >= 0.3 is 12.1 Å². The van der Waals surface area contributed by atoms with E-state index < -0.39 is 5.60 Å². The quantitative estimate of drug-likeness (QED) is 0.499. The third-order valence-corrected chi connectivity index (χ3v) is 4.97. The molecular formula is C22H34BN2O4. The number of anilines is 1. The van der Waals surface area contributed by atoms with Crippen LogP contribution in [0.3, 0.4) is 0 Å². The van der Waals surface area contributed by atoms with Gasteiger partial charge in [0.25, 0.3) is 0 Å². The molecule has 2 unspecified atom stereocenters. The number of fused-ring (bicyclic) bond motifs is 1. The Morgan fingerprint density at radius 2 is 2.07 bits per heavy atom. The van der Waals surface area contributed by atoms with Gasteiger partial charge in [-0.05, 0) is 65.0 Å². The highest BCUT2D eigenvalue weighted by molar-refractivity contribution is 6.33. The number of hydrogen-bond donors (Lipinski definition) is 0. The summed E-state index contributed by atoms with van der Waals surface area (Å²) in [5, 5.41) is 0. The predicted octanol–water partition coefficient (Wildman–Crippen LogP) is 4.44. The molecule has 0 fully saturated rings. The van der Waals surface area contributed by atoms with Crippen molar-refractivity contribution in [1.82, 2.24) is 4.98 Å². The highest BCUT2D eigenvalue weighted by Crippen LogP contribution is 2.32. The summed E-state index contributed by atoms with van der Waals surface area (Å²) in [5.41, 5.74) is 1.36. The molecule has 29 heavy (non-hydrogen) atoms. The standard InChI is InChI=1S/C22H34BN2O4/c1-7-28-20(26)15(2)8-11-17-12-9-16-10-13-18(14-23-6)25(19(16)24-17)21(27)29-22(3,4)5/h9,12,15,18H,7-8,10-11,13-14H2,1-6H3. The fourth-order valence-electron chi connectivity index (χ4n) is 3.49. The van der Waals surface area contributed by atoms with Gasteiger partial charge in [-0.25, -0.2) is 9.78 Å². The molecule has 0 aromatic carbocycles. The van der Waals surface area contributed by atoms with Crippen LogP contribution in [0.25, 0.3) is 0 Å². The summed E-state index contributed by atoms with van der Waals surface area (Å²) in [6.45, 7) is 11.7. The van der Waals surface area contributed by atoms with Crippen molar-refractivity contribution in [3.63, 3.8) is 0 Å². The molecule has 0 spiro atoms. The van der Waals surface area contributed by atoms with Crippen molar-refractivity contribution in [2.45, 2.75) is 85.1 Å². The van der Waals surface area contributed by atoms with E-state index in [4.69, 9.17) is 14.5 Å². The third-order valence-electron chi connectivity index (χ3n) is 4.97. The normalized spacial score (nSPS) is 17.3. The van der Waals surface area contributed by atoms with Gasteiger partial charge in [0.15, 0.2) is 0 Å². The zero-order chi connectivity index (χ0) is 21.6. The molecule has 6 nitrogen and oxygen atoms in total. The molecule has 2 atom stereocenters. The number of ether oxygens (including phenoxy) is 2. The fraction of sp³-hybridized carbons (Fsp3) is 0.682. The lowest BCUT2D eigenvalue weighted by Gasteiger charge is -2.37. The van der Waals surface area contributed by atoms with Crippen molar-refractivity contribution >= 4 is 25.2 Å². The van der Waals surface area contributed by atoms with E-state index in [0.717, 1.165) is 30.4 Å². The molecule has 1 aromatic heterocycles. The zero-order valence-electron chi connectivity index (χ0n) is 18.7. The van der Waals surface area contributed by atoms with Gasteiger partial charge in [0.1, 0.15) is 18.7 Å². The van der Waals surface area contributed by atoms with E-state index in [2.05, 4.69) is 13.3 Å². The number of nitrogens with zero attached hydrogens (tertiary/aromatic N) is 2. The molecule has 0 saturated heterocycles. The summed E-state index contributed by atoms with van der Waals surface area (Å²) in [6, 6.07) is 4.09. The van der Waals surface area contributed by atoms with Crippen molar-refractivity contribution < 1.29 is 19.1 Å². The lowest BCUT2D eigenvalue weighted by molar-refractivity contribution is -0.147. The molecule has 1 aliphatic rings. The first-order valence-electron chi connectivity index (χ1n) is 10.6. The molecule has 1 aliphatic heterocycles. The van der Waals surface area contributed by atoms with Gasteiger partial charge in [0.2, 0.25) is 0 Å². The number of carbonyl (C=O) groups is 2. The monoisotopic (exact) mass is 401 g/mol. The number of carbonyl (C=O) groups excluding carboxylic acids is 2. The Labute approximate surface area is 175 Å². The SMILES string of the molecule is C[B]CC1CCc2ccc(CCC(C)C(=O)OCC)nc2N1C(=O)OC(C)(C)C. The first kappa shape index (κ1) is 23.2. The molecule has 1 radical (unpaired) electrons. The number of pyridine rings is 1. The Balaban J connectivity index is 2.23. The maximum Gasteiger partial charge on any atom is 0.416 e. The summed E-state index contributed by atoms with van der Waals surface area (Å²) < 4.78 is 10.8. The van der Waals surface area contributed by atoms with Gasteiger partial charge in [-0.15, -0.1) is 0 Å². The molecule has 1 amide bonds. The number of hydrogen-bond acceptors (Lipinski definition) is 5. The van der Waals surface area contributed by atoms with Gasteiger partial charge < -0.3 is 9.47 Å². The maximum atomic E-state index is 13.0. The Hall–Kier alpha value is -2.05. The van der Waals surface area contributed by atoms with Crippen LogP contribution in [-0.4, -0.2) is 42.6 Å². The van der Waals surface area contributed by atoms with E-state index >= 15 is 0 Å². The number of esters is 1. The second-order valence-electron chi connectivity index (χ2n) is 8.66. The van der Waals surface area contributed by atoms with Crippen LogP contribution in [0.5, 0.6) is 0 Å². The molecule has 1 aromatic rings. The third kappa shape index (κ3) is 6.48. The van der Waals surface area contributed by atoms with Crippen LogP contribution < -0.4 is 4.90 Å². The largest absolute Gasteiger partial charge is 0.466 e. The minimum absolute atomic E-state index is 0.0450. The first-order chi connectivity index (χ1) is 13.7. The van der Waals surface area contributed by atoms with Crippen LogP contribution >= 0.6 is 0 Å². The lowest BCUT2D eigenvalue weighted by atomic mass is 9.72. The number of aromatic nitrogens is 1. The first-order valence-corrected chi connectivity index (χ1v) is 10.6. The molecule has 2 rings (SSSR count). The van der Waals surface area contributed by atoms with Crippen LogP contribution in [0.1, 0.15) is 58.7 Å². The highest BCUT2D eigenvalue weighted by Gasteiger charge is 2.34. The molecular weight excluding hydrogens is 367 g/mol. The number of aryl methyl sites for hydroxylation is 2. The van der Waals surface area contributed by atoms with Crippen LogP contribution in [0.2, 0.25) is 13.1 Å². The van der Waals surface area contributed by atoms with Gasteiger partial charge in [0, 0.05) is 11.7 Å². The van der Waals surface area contributed by atoms with E-state index in [0.29, 0.717) is 25.3 Å². The van der Waals surface area contributed by atoms with E-state index in [1.165, 1.54) is 0 Å². The van der Waals surface area contributed by atoms with Crippen molar-refractivity contribution in [3.05, 3.63) is 23.4 Å².